The molecule has 1 N–H and O–H groups in total. The Morgan fingerprint density at radius 3 is 2.70 bits per heavy atom. The Hall–Kier alpha value is -1.31. The molecule has 0 unspecified atom stereocenters. The van der Waals surface area contributed by atoms with Crippen LogP contribution in [-0.2, 0) is 14.8 Å². The first-order valence-electron chi connectivity index (χ1n) is 12.4. The summed E-state index contributed by atoms with van der Waals surface area (Å²) in [4.78, 5) is 15.0. The van der Waals surface area contributed by atoms with Crippen molar-refractivity contribution >= 4 is 33.0 Å². The highest BCUT2D eigenvalue weighted by Gasteiger charge is 2.60. The van der Waals surface area contributed by atoms with Crippen LogP contribution in [0.25, 0.3) is 0 Å². The highest BCUT2D eigenvalue weighted by Crippen LogP contribution is 2.65. The van der Waals surface area contributed by atoms with Crippen molar-refractivity contribution in [2.45, 2.75) is 64.8 Å². The maximum atomic E-state index is 13.0. The van der Waals surface area contributed by atoms with E-state index >= 15 is 0 Å². The number of fused-ring (bicyclic) bond motifs is 5. The van der Waals surface area contributed by atoms with E-state index in [1.165, 1.54) is 12.8 Å². The Morgan fingerprint density at radius 2 is 1.94 bits per heavy atom. The van der Waals surface area contributed by atoms with E-state index in [1.807, 2.05) is 18.0 Å². The molecule has 5 rings (SSSR count). The zero-order valence-electron chi connectivity index (χ0n) is 19.9. The number of carbonyl (C=O) groups is 1. The lowest BCUT2D eigenvalue weighted by Gasteiger charge is -2.60. The van der Waals surface area contributed by atoms with E-state index in [9.17, 15) is 13.2 Å². The maximum absolute atomic E-state index is 13.0. The second-order valence-corrected chi connectivity index (χ2v) is 13.6. The van der Waals surface area contributed by atoms with Gasteiger partial charge >= 0.3 is 0 Å². The van der Waals surface area contributed by atoms with Crippen LogP contribution in [-0.4, -0.2) is 43.7 Å². The minimum Gasteiger partial charge on any atom is -0.338 e. The third-order valence-corrected chi connectivity index (χ3v) is 12.1. The molecule has 0 aromatic rings. The fourth-order valence-corrected chi connectivity index (χ4v) is 9.94. The van der Waals surface area contributed by atoms with Gasteiger partial charge in [-0.05, 0) is 79.8 Å². The van der Waals surface area contributed by atoms with Crippen molar-refractivity contribution in [2.24, 2.45) is 34.5 Å². The third kappa shape index (κ3) is 3.61. The minimum absolute atomic E-state index is 0.0449. The van der Waals surface area contributed by atoms with Gasteiger partial charge in [-0.1, -0.05) is 44.3 Å². The number of nitrogens with zero attached hydrogens (tertiary/aromatic N) is 1. The molecule has 180 valence electrons. The van der Waals surface area contributed by atoms with Crippen molar-refractivity contribution in [1.29, 1.82) is 0 Å². The van der Waals surface area contributed by atoms with Gasteiger partial charge in [0.25, 0.3) is 0 Å². The Labute approximate surface area is 203 Å². The lowest BCUT2D eigenvalue weighted by Crippen LogP contribution is -2.59. The molecule has 0 radical (unpaired) electrons. The molecule has 3 fully saturated rings. The van der Waals surface area contributed by atoms with E-state index in [0.29, 0.717) is 47.5 Å². The van der Waals surface area contributed by atoms with E-state index in [4.69, 9.17) is 12.2 Å². The van der Waals surface area contributed by atoms with Crippen LogP contribution in [0.3, 0.4) is 0 Å². The zero-order valence-corrected chi connectivity index (χ0v) is 21.6. The van der Waals surface area contributed by atoms with Crippen molar-refractivity contribution < 1.29 is 13.2 Å². The fourth-order valence-electron chi connectivity index (χ4n) is 8.23. The predicted octanol–water partition coefficient (Wildman–Crippen LogP) is 4.38. The number of allylic oxidation sites excluding steroid dienone is 4. The van der Waals surface area contributed by atoms with Gasteiger partial charge in [0.15, 0.2) is 0 Å². The van der Waals surface area contributed by atoms with Crippen LogP contribution in [0.5, 0.6) is 0 Å². The van der Waals surface area contributed by atoms with Gasteiger partial charge < -0.3 is 4.90 Å². The van der Waals surface area contributed by atoms with Gasteiger partial charge in [-0.15, -0.1) is 0 Å². The normalized spacial score (nSPS) is 42.6. The summed E-state index contributed by atoms with van der Waals surface area (Å²) in [5, 5.41) is 0. The van der Waals surface area contributed by atoms with Gasteiger partial charge in [0, 0.05) is 36.3 Å². The van der Waals surface area contributed by atoms with Crippen LogP contribution in [0, 0.1) is 34.5 Å². The average Bonchev–Trinajstić information content (AvgIpc) is 3.12. The molecule has 0 saturated heterocycles. The van der Waals surface area contributed by atoms with E-state index < -0.39 is 10.0 Å². The Balaban J connectivity index is 1.33. The zero-order chi connectivity index (χ0) is 23.6. The first kappa shape index (κ1) is 23.4. The molecule has 0 aromatic heterocycles. The van der Waals surface area contributed by atoms with E-state index in [2.05, 4.69) is 24.6 Å². The molecule has 7 heteroatoms. The lowest BCUT2D eigenvalue weighted by molar-refractivity contribution is -0.138. The molecule has 33 heavy (non-hydrogen) atoms. The maximum Gasteiger partial charge on any atom is 0.246 e. The third-order valence-electron chi connectivity index (χ3n) is 10.1. The quantitative estimate of drug-likeness (QED) is 0.597. The molecule has 0 spiro atoms. The number of likely N-dealkylation sites (N-methyl/N-ethyl adjacent to an activating group) is 1. The van der Waals surface area contributed by atoms with E-state index in [1.54, 1.807) is 18.2 Å². The summed E-state index contributed by atoms with van der Waals surface area (Å²) in [6.07, 6.45) is 16.6. The first-order chi connectivity index (χ1) is 15.6. The fraction of sp³-hybridized carbons (Fsp3) is 0.692. The number of amides is 1. The predicted molar refractivity (Wildman–Crippen MR) is 135 cm³/mol. The average molecular weight is 489 g/mol. The lowest BCUT2D eigenvalue weighted by atomic mass is 9.47. The summed E-state index contributed by atoms with van der Waals surface area (Å²) >= 11 is 5.31. The van der Waals surface area contributed by atoms with Crippen LogP contribution in [0.2, 0.25) is 0 Å². The van der Waals surface area contributed by atoms with Gasteiger partial charge in [-0.2, -0.15) is 0 Å². The van der Waals surface area contributed by atoms with Gasteiger partial charge in [0.2, 0.25) is 15.9 Å². The SMILES string of the molecule is CN1C(=O)C=C[C@]2(C)[C@H]3CC[C@]4(C)[C@@H](CNS(=O)(=O)C5=CC=CCC5=S)CC[C@H]4[C@@H]3CC[C@@H]12. The van der Waals surface area contributed by atoms with Crippen LogP contribution in [0.1, 0.15) is 58.8 Å². The molecule has 1 aliphatic heterocycles. The van der Waals surface area contributed by atoms with Crippen LogP contribution >= 0.6 is 12.2 Å². The number of carbonyl (C=O) groups excluding carboxylic acids is 1. The monoisotopic (exact) mass is 488 g/mol. The largest absolute Gasteiger partial charge is 0.338 e. The summed E-state index contributed by atoms with van der Waals surface area (Å²) in [6, 6.07) is 0.297. The Morgan fingerprint density at radius 1 is 1.15 bits per heavy atom. The Bertz CT molecular complexity index is 1060. The molecule has 0 bridgehead atoms. The molecule has 3 saturated carbocycles. The van der Waals surface area contributed by atoms with Gasteiger partial charge in [0.05, 0.1) is 4.91 Å². The van der Waals surface area contributed by atoms with E-state index in [-0.39, 0.29) is 21.6 Å². The summed E-state index contributed by atoms with van der Waals surface area (Å²) in [5.41, 5.74) is 0.206. The number of hydrogen-bond acceptors (Lipinski definition) is 4. The topological polar surface area (TPSA) is 66.5 Å². The van der Waals surface area contributed by atoms with Crippen LogP contribution in [0.4, 0.5) is 0 Å². The molecule has 4 aliphatic carbocycles. The van der Waals surface area contributed by atoms with Crippen molar-refractivity contribution in [3.63, 3.8) is 0 Å². The summed E-state index contributed by atoms with van der Waals surface area (Å²) in [7, 11) is -1.61. The van der Waals surface area contributed by atoms with Gasteiger partial charge in [-0.25, -0.2) is 13.1 Å². The standard InChI is InChI=1S/C26H36N2O3S2/c1-25-14-12-20-18(9-11-23-26(20,2)15-13-24(29)28(23)3)19(25)10-8-17(25)16-27-33(30,31)22-7-5-4-6-21(22)32/h4-5,7,13,15,17-20,23,27H,6,8-12,14,16H2,1-3H3/t17-,18+,19+,20+,23-,25-,26-/m1/s1. The van der Waals surface area contributed by atoms with Crippen LogP contribution in [0.15, 0.2) is 35.3 Å². The molecular formula is C26H36N2O3S2. The molecule has 5 aliphatic rings. The molecule has 5 nitrogen and oxygen atoms in total. The first-order valence-corrected chi connectivity index (χ1v) is 14.3. The van der Waals surface area contributed by atoms with E-state index in [0.717, 1.165) is 25.7 Å². The number of nitrogens with one attached hydrogen (secondary N) is 1. The molecule has 1 heterocycles. The smallest absolute Gasteiger partial charge is 0.246 e. The molecule has 0 aromatic carbocycles. The van der Waals surface area contributed by atoms with Gasteiger partial charge in [-0.3, -0.25) is 4.79 Å². The second kappa shape index (κ2) is 8.13. The van der Waals surface area contributed by atoms with Gasteiger partial charge in [0.1, 0.15) is 0 Å². The molecular weight excluding hydrogens is 452 g/mol. The molecule has 7 atom stereocenters. The summed E-state index contributed by atoms with van der Waals surface area (Å²) in [6.45, 7) is 5.27. The minimum atomic E-state index is -3.57. The van der Waals surface area contributed by atoms with Crippen molar-refractivity contribution in [3.8, 4) is 0 Å². The second-order valence-electron chi connectivity index (χ2n) is 11.4. The van der Waals surface area contributed by atoms with Crippen molar-refractivity contribution in [3.05, 3.63) is 35.3 Å². The van der Waals surface area contributed by atoms with Crippen molar-refractivity contribution in [1.82, 2.24) is 9.62 Å². The number of thiocarbonyl (C=S) groups is 1. The highest BCUT2D eigenvalue weighted by molar-refractivity contribution is 7.96. The number of rotatable bonds is 4. The summed E-state index contributed by atoms with van der Waals surface area (Å²) in [5.74, 6) is 2.35. The van der Waals surface area contributed by atoms with Crippen LogP contribution < -0.4 is 4.72 Å². The number of sulfonamides is 1. The van der Waals surface area contributed by atoms with Crippen molar-refractivity contribution in [2.75, 3.05) is 13.6 Å². The highest BCUT2D eigenvalue weighted by atomic mass is 32.2. The molecule has 1 amide bonds. The Kier molecular flexibility index (Phi) is 5.77. The number of hydrogen-bond donors (Lipinski definition) is 1. The summed E-state index contributed by atoms with van der Waals surface area (Å²) < 4.78 is 28.8.